The molecule has 6 rings (SSSR count). The zero-order chi connectivity index (χ0) is 21.1. The first-order valence-corrected chi connectivity index (χ1v) is 10.1. The maximum absolute atomic E-state index is 14.0. The first-order valence-electron chi connectivity index (χ1n) is 10.1. The number of nitrogens with zero attached hydrogens (tertiary/aromatic N) is 5. The Labute approximate surface area is 175 Å². The number of imidazole rings is 2. The van der Waals surface area contributed by atoms with Crippen LogP contribution in [-0.2, 0) is 7.05 Å². The van der Waals surface area contributed by atoms with E-state index < -0.39 is 6.29 Å². The van der Waals surface area contributed by atoms with Gasteiger partial charge in [0.1, 0.15) is 16.9 Å². The fourth-order valence-electron chi connectivity index (χ4n) is 4.44. The average Bonchev–Trinajstić information content (AvgIpc) is 3.32. The van der Waals surface area contributed by atoms with Gasteiger partial charge in [0.25, 0.3) is 0 Å². The van der Waals surface area contributed by atoms with Crippen molar-refractivity contribution in [1.29, 1.82) is 0 Å². The molecule has 9 heteroatoms. The van der Waals surface area contributed by atoms with Crippen LogP contribution >= 0.6 is 0 Å². The number of nitrogens with one attached hydrogen (secondary N) is 1. The van der Waals surface area contributed by atoms with Crippen molar-refractivity contribution in [2.24, 2.45) is 12.0 Å². The number of ether oxygens (including phenoxy) is 1. The molecular formula is C22H19FN6O2. The molecule has 2 atom stereocenters. The molecule has 2 unspecified atom stereocenters. The van der Waals surface area contributed by atoms with E-state index in [1.54, 1.807) is 34.8 Å². The third-order valence-electron chi connectivity index (χ3n) is 5.96. The number of fused-ring (bicyclic) bond motifs is 3. The van der Waals surface area contributed by atoms with Gasteiger partial charge in [0.2, 0.25) is 6.29 Å². The Kier molecular flexibility index (Phi) is 3.80. The van der Waals surface area contributed by atoms with E-state index in [9.17, 15) is 9.18 Å². The van der Waals surface area contributed by atoms with E-state index in [4.69, 9.17) is 9.73 Å². The highest BCUT2D eigenvalue weighted by Gasteiger charge is 2.28. The van der Waals surface area contributed by atoms with Crippen LogP contribution < -0.4 is 26.6 Å². The summed E-state index contributed by atoms with van der Waals surface area (Å²) >= 11 is 0. The predicted molar refractivity (Wildman–Crippen MR) is 111 cm³/mol. The Balaban J connectivity index is 1.56. The Morgan fingerprint density at radius 1 is 1.23 bits per heavy atom. The van der Waals surface area contributed by atoms with Crippen molar-refractivity contribution in [1.82, 2.24) is 24.0 Å². The molecule has 0 aliphatic carbocycles. The Hall–Kier alpha value is -3.88. The second-order valence-electron chi connectivity index (χ2n) is 7.71. The van der Waals surface area contributed by atoms with Gasteiger partial charge in [-0.1, -0.05) is 12.1 Å². The second-order valence-corrected chi connectivity index (χ2v) is 7.71. The summed E-state index contributed by atoms with van der Waals surface area (Å²) in [6.07, 6.45) is 3.62. The van der Waals surface area contributed by atoms with Crippen LogP contribution in [-0.4, -0.2) is 25.3 Å². The van der Waals surface area contributed by atoms with Gasteiger partial charge in [-0.15, -0.1) is 0 Å². The molecule has 4 heterocycles. The topological polar surface area (TPSA) is 78.4 Å². The van der Waals surface area contributed by atoms with Crippen LogP contribution in [0.4, 0.5) is 4.39 Å². The monoisotopic (exact) mass is 418 g/mol. The molecule has 1 N–H and O–H groups in total. The van der Waals surface area contributed by atoms with E-state index in [0.717, 1.165) is 11.0 Å². The van der Waals surface area contributed by atoms with Crippen LogP contribution in [0, 0.1) is 5.82 Å². The van der Waals surface area contributed by atoms with Crippen LogP contribution in [0.3, 0.4) is 0 Å². The zero-order valence-corrected chi connectivity index (χ0v) is 16.7. The van der Waals surface area contributed by atoms with Gasteiger partial charge in [-0.2, -0.15) is 0 Å². The maximum atomic E-state index is 14.0. The molecule has 0 fully saturated rings. The minimum atomic E-state index is -0.459. The van der Waals surface area contributed by atoms with E-state index in [0.29, 0.717) is 35.2 Å². The summed E-state index contributed by atoms with van der Waals surface area (Å²) in [5, 5.41) is 3.93. The summed E-state index contributed by atoms with van der Waals surface area (Å²) in [5.74, 6) is 0.234. The zero-order valence-electron chi connectivity index (χ0n) is 16.7. The van der Waals surface area contributed by atoms with Crippen molar-refractivity contribution >= 4 is 17.2 Å². The van der Waals surface area contributed by atoms with Crippen LogP contribution in [0.2, 0.25) is 0 Å². The molecule has 2 aromatic heterocycles. The minimum Gasteiger partial charge on any atom is -0.493 e. The molecule has 2 aromatic carbocycles. The lowest BCUT2D eigenvalue weighted by Crippen LogP contribution is -2.43. The first-order chi connectivity index (χ1) is 15.1. The Morgan fingerprint density at radius 3 is 3.00 bits per heavy atom. The summed E-state index contributed by atoms with van der Waals surface area (Å²) in [5.41, 5.74) is 2.80. The lowest BCUT2D eigenvalue weighted by atomic mass is 10.0. The molecular weight excluding hydrogens is 399 g/mol. The van der Waals surface area contributed by atoms with Crippen molar-refractivity contribution < 1.29 is 9.13 Å². The molecule has 156 valence electrons. The first kappa shape index (κ1) is 17.9. The van der Waals surface area contributed by atoms with Crippen molar-refractivity contribution in [2.45, 2.75) is 18.8 Å². The lowest BCUT2D eigenvalue weighted by Gasteiger charge is -2.27. The van der Waals surface area contributed by atoms with Crippen LogP contribution in [0.25, 0.3) is 17.2 Å². The normalized spacial score (nSPS) is 19.5. The highest BCUT2D eigenvalue weighted by molar-refractivity contribution is 5.75. The number of aromatic nitrogens is 4. The highest BCUT2D eigenvalue weighted by atomic mass is 19.1. The van der Waals surface area contributed by atoms with Gasteiger partial charge < -0.3 is 10.1 Å². The number of benzene rings is 2. The summed E-state index contributed by atoms with van der Waals surface area (Å²) in [6.45, 7) is 0.441. The van der Waals surface area contributed by atoms with Crippen molar-refractivity contribution in [3.8, 4) is 5.75 Å². The summed E-state index contributed by atoms with van der Waals surface area (Å²) in [7, 11) is 1.71. The summed E-state index contributed by atoms with van der Waals surface area (Å²) < 4.78 is 24.9. The van der Waals surface area contributed by atoms with Gasteiger partial charge in [-0.3, -0.25) is 13.7 Å². The fourth-order valence-corrected chi connectivity index (χ4v) is 4.44. The van der Waals surface area contributed by atoms with Gasteiger partial charge in [-0.25, -0.2) is 19.2 Å². The summed E-state index contributed by atoms with van der Waals surface area (Å²) in [4.78, 5) is 22.5. The molecule has 2 aliphatic rings. The molecule has 8 nitrogen and oxygen atoms in total. The van der Waals surface area contributed by atoms with Crippen LogP contribution in [0.1, 0.15) is 24.3 Å². The standard InChI is InChI=1S/C22H19FN6O2/c1-27-18-11-24-21(28-12-25-15-4-2-3-5-17(15)28)26-20(18)29(22(27)30)16-8-9-31-19-7-6-13(23)10-14(16)19/h2-7,10-12,16,21,24H,8-9H2,1H3. The Morgan fingerprint density at radius 2 is 2.10 bits per heavy atom. The van der Waals surface area contributed by atoms with Gasteiger partial charge in [0, 0.05) is 25.2 Å². The molecule has 0 spiro atoms. The van der Waals surface area contributed by atoms with E-state index in [1.807, 2.05) is 28.8 Å². The van der Waals surface area contributed by atoms with E-state index in [2.05, 4.69) is 10.3 Å². The fraction of sp³-hybridized carbons (Fsp3) is 0.227. The third kappa shape index (κ3) is 2.62. The molecule has 0 amide bonds. The Bertz CT molecular complexity index is 1520. The molecule has 2 aliphatic heterocycles. The number of rotatable bonds is 2. The van der Waals surface area contributed by atoms with Crippen molar-refractivity contribution in [2.75, 3.05) is 6.61 Å². The smallest absolute Gasteiger partial charge is 0.330 e. The van der Waals surface area contributed by atoms with Crippen molar-refractivity contribution in [3.63, 3.8) is 0 Å². The molecule has 4 aromatic rings. The molecule has 0 saturated heterocycles. The highest BCUT2D eigenvalue weighted by Crippen LogP contribution is 2.33. The van der Waals surface area contributed by atoms with Crippen LogP contribution in [0.15, 0.2) is 58.6 Å². The number of halogens is 1. The largest absolute Gasteiger partial charge is 0.493 e. The SMILES string of the molecule is Cn1c2c(n(C3CCOc4ccc(F)cc43)c1=O)=NC(n1cnc3ccccc31)NC=2. The third-order valence-corrected chi connectivity index (χ3v) is 5.96. The van der Waals surface area contributed by atoms with Gasteiger partial charge in [0.15, 0.2) is 5.49 Å². The maximum Gasteiger partial charge on any atom is 0.330 e. The average molecular weight is 418 g/mol. The van der Waals surface area contributed by atoms with E-state index >= 15 is 0 Å². The van der Waals surface area contributed by atoms with Crippen LogP contribution in [0.5, 0.6) is 5.75 Å². The number of hydrogen-bond donors (Lipinski definition) is 1. The molecule has 31 heavy (non-hydrogen) atoms. The minimum absolute atomic E-state index is 0.204. The van der Waals surface area contributed by atoms with Gasteiger partial charge in [0.05, 0.1) is 30.0 Å². The number of hydrogen-bond acceptors (Lipinski definition) is 5. The summed E-state index contributed by atoms with van der Waals surface area (Å²) in [6, 6.07) is 11.9. The van der Waals surface area contributed by atoms with E-state index in [1.165, 1.54) is 12.1 Å². The molecule has 0 radical (unpaired) electrons. The molecule has 0 saturated carbocycles. The molecule has 0 bridgehead atoms. The number of para-hydroxylation sites is 2. The van der Waals surface area contributed by atoms with E-state index in [-0.39, 0.29) is 17.5 Å². The van der Waals surface area contributed by atoms with Crippen molar-refractivity contribution in [3.05, 3.63) is 81.5 Å². The lowest BCUT2D eigenvalue weighted by molar-refractivity contribution is 0.251. The van der Waals surface area contributed by atoms with Gasteiger partial charge >= 0.3 is 5.69 Å². The van der Waals surface area contributed by atoms with Gasteiger partial charge in [-0.05, 0) is 30.3 Å². The second kappa shape index (κ2) is 6.56. The predicted octanol–water partition coefficient (Wildman–Crippen LogP) is 1.16. The quantitative estimate of drug-likeness (QED) is 0.530.